The van der Waals surface area contributed by atoms with E-state index in [1.807, 2.05) is 6.07 Å². The first-order valence-corrected chi connectivity index (χ1v) is 10.3. The normalized spacial score (nSPS) is 10.8. The fourth-order valence-electron chi connectivity index (χ4n) is 3.03. The number of nitro groups is 1. The SMILES string of the molecule is COc1ccc(Cl)c2sc(N(Cc3cccnc3)C(=O)c3cccc([N+](=O)[O-])c3)nc12. The Hall–Kier alpha value is -3.56. The first kappa shape index (κ1) is 20.7. The smallest absolute Gasteiger partial charge is 0.270 e. The third-order valence-electron chi connectivity index (χ3n) is 4.51. The highest BCUT2D eigenvalue weighted by molar-refractivity contribution is 7.23. The first-order chi connectivity index (χ1) is 15.0. The number of hydrogen-bond acceptors (Lipinski definition) is 7. The van der Waals surface area contributed by atoms with Crippen molar-refractivity contribution in [1.82, 2.24) is 9.97 Å². The van der Waals surface area contributed by atoms with Crippen molar-refractivity contribution in [2.24, 2.45) is 0 Å². The molecule has 10 heteroatoms. The number of fused-ring (bicyclic) bond motifs is 1. The maximum absolute atomic E-state index is 13.4. The van der Waals surface area contributed by atoms with Gasteiger partial charge in [0.05, 0.1) is 28.3 Å². The van der Waals surface area contributed by atoms with Crippen molar-refractivity contribution in [3.63, 3.8) is 0 Å². The Morgan fingerprint density at radius 1 is 1.26 bits per heavy atom. The van der Waals surface area contributed by atoms with E-state index in [-0.39, 0.29) is 17.8 Å². The van der Waals surface area contributed by atoms with Crippen LogP contribution < -0.4 is 9.64 Å². The van der Waals surface area contributed by atoms with Crippen LogP contribution in [0.1, 0.15) is 15.9 Å². The summed E-state index contributed by atoms with van der Waals surface area (Å²) in [5, 5.41) is 12.0. The number of hydrogen-bond donors (Lipinski definition) is 0. The number of anilines is 1. The zero-order chi connectivity index (χ0) is 22.0. The quantitative estimate of drug-likeness (QED) is 0.296. The van der Waals surface area contributed by atoms with Gasteiger partial charge < -0.3 is 4.74 Å². The van der Waals surface area contributed by atoms with E-state index in [0.717, 1.165) is 5.56 Å². The Balaban J connectivity index is 1.82. The summed E-state index contributed by atoms with van der Waals surface area (Å²) in [5.41, 5.74) is 1.33. The van der Waals surface area contributed by atoms with Gasteiger partial charge in [-0.3, -0.25) is 24.8 Å². The zero-order valence-corrected chi connectivity index (χ0v) is 17.8. The van der Waals surface area contributed by atoms with E-state index in [1.165, 1.54) is 47.6 Å². The fourth-order valence-corrected chi connectivity index (χ4v) is 4.28. The largest absolute Gasteiger partial charge is 0.494 e. The van der Waals surface area contributed by atoms with Crippen molar-refractivity contribution in [3.05, 3.63) is 87.2 Å². The lowest BCUT2D eigenvalue weighted by atomic mass is 10.1. The summed E-state index contributed by atoms with van der Waals surface area (Å²) in [6.45, 7) is 0.176. The molecule has 0 atom stereocenters. The third-order valence-corrected chi connectivity index (χ3v) is 6.05. The van der Waals surface area contributed by atoms with E-state index in [2.05, 4.69) is 9.97 Å². The van der Waals surface area contributed by atoms with E-state index in [4.69, 9.17) is 16.3 Å². The van der Waals surface area contributed by atoms with Crippen LogP contribution in [0.25, 0.3) is 10.2 Å². The molecule has 2 aromatic heterocycles. The lowest BCUT2D eigenvalue weighted by molar-refractivity contribution is -0.384. The third kappa shape index (κ3) is 4.18. The van der Waals surface area contributed by atoms with Crippen LogP contribution in [0.15, 0.2) is 60.9 Å². The zero-order valence-electron chi connectivity index (χ0n) is 16.2. The summed E-state index contributed by atoms with van der Waals surface area (Å²) in [6.07, 6.45) is 3.28. The van der Waals surface area contributed by atoms with Crippen molar-refractivity contribution < 1.29 is 14.5 Å². The number of rotatable bonds is 6. The number of methoxy groups -OCH3 is 1. The Morgan fingerprint density at radius 3 is 2.81 bits per heavy atom. The molecule has 8 nitrogen and oxygen atoms in total. The first-order valence-electron chi connectivity index (χ1n) is 9.06. The minimum Gasteiger partial charge on any atom is -0.494 e. The van der Waals surface area contributed by atoms with Crippen LogP contribution in [0, 0.1) is 10.1 Å². The van der Waals surface area contributed by atoms with Crippen LogP contribution in [0.2, 0.25) is 5.02 Å². The molecular formula is C21H15ClN4O4S. The molecule has 0 unspecified atom stereocenters. The maximum atomic E-state index is 13.4. The van der Waals surface area contributed by atoms with Gasteiger partial charge >= 0.3 is 0 Å². The second-order valence-corrected chi connectivity index (χ2v) is 7.87. The Kier molecular flexibility index (Phi) is 5.79. The molecular weight excluding hydrogens is 440 g/mol. The molecule has 156 valence electrons. The Morgan fingerprint density at radius 2 is 2.10 bits per heavy atom. The average molecular weight is 455 g/mol. The van der Waals surface area contributed by atoms with Gasteiger partial charge in [0.15, 0.2) is 5.13 Å². The Bertz CT molecular complexity index is 1280. The summed E-state index contributed by atoms with van der Waals surface area (Å²) in [7, 11) is 1.53. The molecule has 0 radical (unpaired) electrons. The molecule has 0 saturated heterocycles. The molecule has 2 aromatic carbocycles. The summed E-state index contributed by atoms with van der Waals surface area (Å²) in [4.78, 5) is 34.2. The highest BCUT2D eigenvalue weighted by Crippen LogP contribution is 2.39. The van der Waals surface area contributed by atoms with Crippen LogP contribution in [-0.2, 0) is 6.54 Å². The van der Waals surface area contributed by atoms with Crippen LogP contribution in [0.3, 0.4) is 0 Å². The topological polar surface area (TPSA) is 98.5 Å². The fraction of sp³-hybridized carbons (Fsp3) is 0.0952. The molecule has 4 rings (SSSR count). The van der Waals surface area contributed by atoms with Crippen molar-refractivity contribution in [2.45, 2.75) is 6.54 Å². The second kappa shape index (κ2) is 8.66. The lowest BCUT2D eigenvalue weighted by Crippen LogP contribution is -2.30. The molecule has 0 N–H and O–H groups in total. The van der Waals surface area contributed by atoms with Gasteiger partial charge in [0.2, 0.25) is 0 Å². The maximum Gasteiger partial charge on any atom is 0.270 e. The van der Waals surface area contributed by atoms with Gasteiger partial charge in [-0.05, 0) is 29.8 Å². The Labute approximate surface area is 185 Å². The van der Waals surface area contributed by atoms with Gasteiger partial charge in [0.1, 0.15) is 11.3 Å². The summed E-state index contributed by atoms with van der Waals surface area (Å²) in [6, 6.07) is 12.6. The molecule has 0 bridgehead atoms. The molecule has 1 amide bonds. The molecule has 31 heavy (non-hydrogen) atoms. The predicted molar refractivity (Wildman–Crippen MR) is 119 cm³/mol. The number of nitrogens with zero attached hydrogens (tertiary/aromatic N) is 4. The number of halogens is 1. The number of carbonyl (C=O) groups excluding carboxylic acids is 1. The van der Waals surface area contributed by atoms with Crippen molar-refractivity contribution in [1.29, 1.82) is 0 Å². The summed E-state index contributed by atoms with van der Waals surface area (Å²) in [5.74, 6) is 0.104. The van der Waals surface area contributed by atoms with Gasteiger partial charge in [-0.2, -0.15) is 0 Å². The standard InChI is InChI=1S/C21H15ClN4O4S/c1-30-17-8-7-16(22)19-18(17)24-21(31-19)25(12-13-4-3-9-23-11-13)20(27)14-5-2-6-15(10-14)26(28)29/h2-11H,12H2,1H3. The molecule has 0 spiro atoms. The van der Waals surface area contributed by atoms with Crippen LogP contribution in [0.5, 0.6) is 5.75 Å². The number of aromatic nitrogens is 2. The number of thiazole rings is 1. The molecule has 0 aliphatic rings. The van der Waals surface area contributed by atoms with E-state index >= 15 is 0 Å². The van der Waals surface area contributed by atoms with Gasteiger partial charge in [-0.1, -0.05) is 35.1 Å². The van der Waals surface area contributed by atoms with Gasteiger partial charge in [-0.15, -0.1) is 0 Å². The van der Waals surface area contributed by atoms with Crippen LogP contribution >= 0.6 is 22.9 Å². The number of ether oxygens (including phenoxy) is 1. The van der Waals surface area contributed by atoms with Gasteiger partial charge in [0, 0.05) is 30.1 Å². The number of nitro benzene ring substituents is 1. The molecule has 4 aromatic rings. The number of amides is 1. The number of benzene rings is 2. The monoisotopic (exact) mass is 454 g/mol. The van der Waals surface area contributed by atoms with Crippen molar-refractivity contribution in [2.75, 3.05) is 12.0 Å². The minimum atomic E-state index is -0.537. The summed E-state index contributed by atoms with van der Waals surface area (Å²) >= 11 is 7.58. The van der Waals surface area contributed by atoms with Crippen molar-refractivity contribution in [3.8, 4) is 5.75 Å². The van der Waals surface area contributed by atoms with Gasteiger partial charge in [0.25, 0.3) is 11.6 Å². The molecule has 0 fully saturated rings. The van der Waals surface area contributed by atoms with Crippen molar-refractivity contribution >= 4 is 49.9 Å². The van der Waals surface area contributed by atoms with E-state index in [0.29, 0.717) is 26.1 Å². The van der Waals surface area contributed by atoms with E-state index in [9.17, 15) is 14.9 Å². The number of carbonyl (C=O) groups is 1. The second-order valence-electron chi connectivity index (χ2n) is 6.48. The lowest BCUT2D eigenvalue weighted by Gasteiger charge is -2.20. The molecule has 2 heterocycles. The number of non-ortho nitro benzene ring substituents is 1. The molecule has 0 aliphatic carbocycles. The highest BCUT2D eigenvalue weighted by atomic mass is 35.5. The highest BCUT2D eigenvalue weighted by Gasteiger charge is 2.24. The minimum absolute atomic E-state index is 0.166. The van der Waals surface area contributed by atoms with Gasteiger partial charge in [-0.25, -0.2) is 4.98 Å². The van der Waals surface area contributed by atoms with Crippen LogP contribution in [-0.4, -0.2) is 27.9 Å². The molecule has 0 saturated carbocycles. The average Bonchev–Trinajstić information content (AvgIpc) is 3.24. The summed E-state index contributed by atoms with van der Waals surface area (Å²) < 4.78 is 6.06. The predicted octanol–water partition coefficient (Wildman–Crippen LogP) is 5.11. The van der Waals surface area contributed by atoms with E-state index < -0.39 is 10.8 Å². The molecule has 0 aliphatic heterocycles. The number of pyridine rings is 1. The van der Waals surface area contributed by atoms with E-state index in [1.54, 1.807) is 30.6 Å². The van der Waals surface area contributed by atoms with Crippen LogP contribution in [0.4, 0.5) is 10.8 Å².